The number of benzene rings is 1. The lowest BCUT2D eigenvalue weighted by molar-refractivity contribution is 0.0951. The fourth-order valence-electron chi connectivity index (χ4n) is 2.26. The van der Waals surface area contributed by atoms with Crippen LogP contribution in [0.5, 0.6) is 0 Å². The summed E-state index contributed by atoms with van der Waals surface area (Å²) in [5, 5.41) is 7.50. The van der Waals surface area contributed by atoms with Gasteiger partial charge in [0.05, 0.1) is 22.4 Å². The molecule has 0 unspecified atom stereocenters. The van der Waals surface area contributed by atoms with E-state index in [0.29, 0.717) is 12.6 Å². The lowest BCUT2D eigenvalue weighted by Gasteiger charge is -2.07. The van der Waals surface area contributed by atoms with Crippen molar-refractivity contribution in [1.82, 2.24) is 15.1 Å². The van der Waals surface area contributed by atoms with Crippen LogP contribution in [-0.4, -0.2) is 21.7 Å². The van der Waals surface area contributed by atoms with Crippen molar-refractivity contribution in [2.45, 2.75) is 39.3 Å². The van der Waals surface area contributed by atoms with Crippen molar-refractivity contribution < 1.29 is 4.79 Å². The van der Waals surface area contributed by atoms with Crippen LogP contribution in [0.2, 0.25) is 0 Å². The number of amides is 1. The van der Waals surface area contributed by atoms with E-state index in [2.05, 4.69) is 26.3 Å². The van der Waals surface area contributed by atoms with Gasteiger partial charge >= 0.3 is 0 Å². The fraction of sp³-hybridized carbons (Fsp3) is 0.375. The van der Waals surface area contributed by atoms with Crippen molar-refractivity contribution in [1.29, 1.82) is 0 Å². The normalized spacial score (nSPS) is 14.2. The second-order valence-corrected chi connectivity index (χ2v) is 6.38. The van der Waals surface area contributed by atoms with Gasteiger partial charge in [-0.25, -0.2) is 0 Å². The van der Waals surface area contributed by atoms with Crippen LogP contribution in [0.3, 0.4) is 0 Å². The van der Waals surface area contributed by atoms with Crippen LogP contribution in [0.4, 0.5) is 0 Å². The monoisotopic (exact) mass is 347 g/mol. The summed E-state index contributed by atoms with van der Waals surface area (Å²) in [5.41, 5.74) is 3.97. The summed E-state index contributed by atoms with van der Waals surface area (Å²) < 4.78 is 3.03. The molecule has 21 heavy (non-hydrogen) atoms. The van der Waals surface area contributed by atoms with Gasteiger partial charge in [-0.3, -0.25) is 9.48 Å². The summed E-state index contributed by atoms with van der Waals surface area (Å²) in [4.78, 5) is 11.9. The average Bonchev–Trinajstić information content (AvgIpc) is 3.25. The van der Waals surface area contributed by atoms with Gasteiger partial charge in [0.2, 0.25) is 0 Å². The molecule has 1 aliphatic rings. The van der Waals surface area contributed by atoms with E-state index in [1.165, 1.54) is 0 Å². The Morgan fingerprint density at radius 3 is 2.52 bits per heavy atom. The number of aromatic nitrogens is 2. The minimum Gasteiger partial charge on any atom is -0.349 e. The first-order valence-corrected chi connectivity index (χ1v) is 7.93. The van der Waals surface area contributed by atoms with Gasteiger partial charge in [-0.15, -0.1) is 0 Å². The molecule has 0 bridgehead atoms. The van der Waals surface area contributed by atoms with Crippen LogP contribution >= 0.6 is 15.9 Å². The number of hydrogen-bond donors (Lipinski definition) is 1. The molecular weight excluding hydrogens is 330 g/mol. The van der Waals surface area contributed by atoms with Gasteiger partial charge in [0.15, 0.2) is 0 Å². The molecule has 1 aromatic heterocycles. The predicted octanol–water partition coefficient (Wildman–Crippen LogP) is 3.20. The third-order valence-electron chi connectivity index (χ3n) is 3.75. The van der Waals surface area contributed by atoms with Gasteiger partial charge in [-0.05, 0) is 60.3 Å². The standard InChI is InChI=1S/C16H18BrN3O/c1-10-15(17)11(2)20(19-10)9-12-3-5-13(6-4-12)16(21)18-14-7-8-14/h3-6,14H,7-9H2,1-2H3,(H,18,21). The smallest absolute Gasteiger partial charge is 0.251 e. The van der Waals surface area contributed by atoms with Gasteiger partial charge in [0.25, 0.3) is 5.91 Å². The molecule has 1 fully saturated rings. The van der Waals surface area contributed by atoms with Gasteiger partial charge in [0, 0.05) is 11.6 Å². The van der Waals surface area contributed by atoms with E-state index >= 15 is 0 Å². The number of aryl methyl sites for hydroxylation is 1. The van der Waals surface area contributed by atoms with E-state index in [4.69, 9.17) is 0 Å². The number of nitrogens with zero attached hydrogens (tertiary/aromatic N) is 2. The number of rotatable bonds is 4. The number of nitrogens with one attached hydrogen (secondary N) is 1. The van der Waals surface area contributed by atoms with Crippen molar-refractivity contribution in [3.63, 3.8) is 0 Å². The van der Waals surface area contributed by atoms with E-state index in [-0.39, 0.29) is 5.91 Å². The molecule has 110 valence electrons. The highest BCUT2D eigenvalue weighted by atomic mass is 79.9. The summed E-state index contributed by atoms with van der Waals surface area (Å²) in [6.45, 7) is 4.74. The van der Waals surface area contributed by atoms with Crippen molar-refractivity contribution in [3.8, 4) is 0 Å². The predicted molar refractivity (Wildman–Crippen MR) is 85.4 cm³/mol. The van der Waals surface area contributed by atoms with Crippen LogP contribution in [0.25, 0.3) is 0 Å². The molecule has 1 amide bonds. The molecule has 0 spiro atoms. The Hall–Kier alpha value is -1.62. The fourth-order valence-corrected chi connectivity index (χ4v) is 2.54. The van der Waals surface area contributed by atoms with Gasteiger partial charge in [-0.1, -0.05) is 12.1 Å². The minimum atomic E-state index is 0.0258. The molecular formula is C16H18BrN3O. The van der Waals surface area contributed by atoms with Crippen molar-refractivity contribution in [2.75, 3.05) is 0 Å². The van der Waals surface area contributed by atoms with Crippen LogP contribution in [-0.2, 0) is 6.54 Å². The van der Waals surface area contributed by atoms with Crippen molar-refractivity contribution >= 4 is 21.8 Å². The topological polar surface area (TPSA) is 46.9 Å². The molecule has 1 saturated carbocycles. The first-order valence-electron chi connectivity index (χ1n) is 7.14. The van der Waals surface area contributed by atoms with E-state index in [1.54, 1.807) is 0 Å². The molecule has 1 aromatic carbocycles. The zero-order chi connectivity index (χ0) is 15.0. The van der Waals surface area contributed by atoms with Crippen LogP contribution in [0, 0.1) is 13.8 Å². The lowest BCUT2D eigenvalue weighted by atomic mass is 10.1. The maximum atomic E-state index is 11.9. The molecule has 0 atom stereocenters. The number of carbonyl (C=O) groups excluding carboxylic acids is 1. The van der Waals surface area contributed by atoms with Crippen molar-refractivity contribution in [2.24, 2.45) is 0 Å². The summed E-state index contributed by atoms with van der Waals surface area (Å²) in [7, 11) is 0. The van der Waals surface area contributed by atoms with Crippen LogP contribution < -0.4 is 5.32 Å². The van der Waals surface area contributed by atoms with Gasteiger partial charge in [-0.2, -0.15) is 5.10 Å². The van der Waals surface area contributed by atoms with E-state index in [0.717, 1.165) is 39.8 Å². The molecule has 0 aliphatic heterocycles. The molecule has 1 aliphatic carbocycles. The summed E-state index contributed by atoms with van der Waals surface area (Å²) in [6, 6.07) is 8.14. The molecule has 1 heterocycles. The number of halogens is 1. The highest BCUT2D eigenvalue weighted by Crippen LogP contribution is 2.21. The van der Waals surface area contributed by atoms with E-state index < -0.39 is 0 Å². The Balaban J connectivity index is 1.71. The van der Waals surface area contributed by atoms with Crippen LogP contribution in [0.1, 0.15) is 40.2 Å². The number of carbonyl (C=O) groups is 1. The molecule has 0 saturated heterocycles. The molecule has 4 nitrogen and oxygen atoms in total. The SMILES string of the molecule is Cc1nn(Cc2ccc(C(=O)NC3CC3)cc2)c(C)c1Br. The Kier molecular flexibility index (Phi) is 3.85. The lowest BCUT2D eigenvalue weighted by Crippen LogP contribution is -2.25. The van der Waals surface area contributed by atoms with E-state index in [1.807, 2.05) is 42.8 Å². The number of hydrogen-bond acceptors (Lipinski definition) is 2. The second-order valence-electron chi connectivity index (χ2n) is 5.59. The van der Waals surface area contributed by atoms with Gasteiger partial charge < -0.3 is 5.32 Å². The Labute approximate surface area is 132 Å². The first kappa shape index (κ1) is 14.3. The van der Waals surface area contributed by atoms with E-state index in [9.17, 15) is 4.79 Å². The Morgan fingerprint density at radius 1 is 1.33 bits per heavy atom. The zero-order valence-electron chi connectivity index (χ0n) is 12.2. The second kappa shape index (κ2) is 5.64. The highest BCUT2D eigenvalue weighted by Gasteiger charge is 2.23. The highest BCUT2D eigenvalue weighted by molar-refractivity contribution is 9.10. The molecule has 5 heteroatoms. The largest absolute Gasteiger partial charge is 0.349 e. The molecule has 1 N–H and O–H groups in total. The zero-order valence-corrected chi connectivity index (χ0v) is 13.8. The Morgan fingerprint density at radius 2 is 2.00 bits per heavy atom. The molecule has 0 radical (unpaired) electrons. The molecule has 3 rings (SSSR count). The van der Waals surface area contributed by atoms with Gasteiger partial charge in [0.1, 0.15) is 0 Å². The summed E-state index contributed by atoms with van der Waals surface area (Å²) in [5.74, 6) is 0.0258. The third kappa shape index (κ3) is 3.18. The van der Waals surface area contributed by atoms with Crippen LogP contribution in [0.15, 0.2) is 28.7 Å². The maximum Gasteiger partial charge on any atom is 0.251 e. The summed E-state index contributed by atoms with van der Waals surface area (Å²) in [6.07, 6.45) is 2.22. The molecule has 2 aromatic rings. The quantitative estimate of drug-likeness (QED) is 0.922. The maximum absolute atomic E-state index is 11.9. The third-order valence-corrected chi connectivity index (χ3v) is 4.90. The summed E-state index contributed by atoms with van der Waals surface area (Å²) >= 11 is 3.54. The average molecular weight is 348 g/mol. The Bertz CT molecular complexity index is 672. The minimum absolute atomic E-state index is 0.0258. The van der Waals surface area contributed by atoms with Crippen molar-refractivity contribution in [3.05, 3.63) is 51.3 Å². The first-order chi connectivity index (χ1) is 10.0.